The third-order valence-electron chi connectivity index (χ3n) is 4.05. The van der Waals surface area contributed by atoms with Crippen LogP contribution in [-0.2, 0) is 19.6 Å². The summed E-state index contributed by atoms with van der Waals surface area (Å²) in [6.07, 6.45) is 7.42. The number of aryl methyl sites for hydroxylation is 1. The van der Waals surface area contributed by atoms with Crippen molar-refractivity contribution >= 4 is 10.9 Å². The summed E-state index contributed by atoms with van der Waals surface area (Å²) in [5.74, 6) is 1.66. The minimum absolute atomic E-state index is 0.521. The molecule has 0 fully saturated rings. The van der Waals surface area contributed by atoms with E-state index in [1.54, 1.807) is 11.0 Å². The van der Waals surface area contributed by atoms with Crippen molar-refractivity contribution in [3.63, 3.8) is 0 Å². The number of benzene rings is 1. The number of fused-ring (bicyclic) bond motifs is 1. The fraction of sp³-hybridized carbons (Fsp3) is 0.353. The van der Waals surface area contributed by atoms with E-state index in [0.29, 0.717) is 13.1 Å². The Balaban J connectivity index is 1.60. The summed E-state index contributed by atoms with van der Waals surface area (Å²) in [6.45, 7) is 4.15. The zero-order valence-corrected chi connectivity index (χ0v) is 14.2. The lowest BCUT2D eigenvalue weighted by Crippen LogP contribution is -2.10. The average Bonchev–Trinajstić information content (AvgIpc) is 3.33. The van der Waals surface area contributed by atoms with Gasteiger partial charge in [-0.15, -0.1) is 0 Å². The Morgan fingerprint density at radius 1 is 1.04 bits per heavy atom. The molecule has 4 aromatic rings. The van der Waals surface area contributed by atoms with E-state index in [4.69, 9.17) is 4.98 Å². The molecule has 3 aromatic heterocycles. The highest BCUT2D eigenvalue weighted by atomic mass is 15.4. The summed E-state index contributed by atoms with van der Waals surface area (Å²) in [7, 11) is 0. The molecule has 0 saturated carbocycles. The van der Waals surface area contributed by atoms with Crippen LogP contribution in [0, 0.1) is 0 Å². The van der Waals surface area contributed by atoms with E-state index in [-0.39, 0.29) is 0 Å². The highest BCUT2D eigenvalue weighted by molar-refractivity contribution is 5.77. The van der Waals surface area contributed by atoms with Crippen molar-refractivity contribution in [1.82, 2.24) is 39.3 Å². The standard InChI is InChI=1S/C17H20N8/c1-2-3-8-25-17(20-16(22-25)10-24-13-18-12-19-24)11-23-9-14-6-4-5-7-15(14)21-23/h4-7,9,12-13H,2-3,8,10-11H2,1H3. The number of aromatic nitrogens is 8. The topological polar surface area (TPSA) is 79.2 Å². The van der Waals surface area contributed by atoms with Gasteiger partial charge >= 0.3 is 0 Å². The van der Waals surface area contributed by atoms with Crippen LogP contribution in [0.4, 0.5) is 0 Å². The van der Waals surface area contributed by atoms with Crippen LogP contribution < -0.4 is 0 Å². The van der Waals surface area contributed by atoms with Gasteiger partial charge in [-0.3, -0.25) is 4.68 Å². The van der Waals surface area contributed by atoms with E-state index >= 15 is 0 Å². The van der Waals surface area contributed by atoms with Crippen molar-refractivity contribution in [2.24, 2.45) is 0 Å². The van der Waals surface area contributed by atoms with Crippen LogP contribution in [0.15, 0.2) is 43.1 Å². The lowest BCUT2D eigenvalue weighted by molar-refractivity contribution is 0.519. The minimum Gasteiger partial charge on any atom is -0.264 e. The van der Waals surface area contributed by atoms with Gasteiger partial charge in [0.15, 0.2) is 5.82 Å². The molecule has 8 nitrogen and oxygen atoms in total. The first-order chi connectivity index (χ1) is 12.3. The van der Waals surface area contributed by atoms with Crippen molar-refractivity contribution in [2.45, 2.75) is 39.4 Å². The van der Waals surface area contributed by atoms with Crippen molar-refractivity contribution in [2.75, 3.05) is 0 Å². The fourth-order valence-corrected chi connectivity index (χ4v) is 2.80. The van der Waals surface area contributed by atoms with Gasteiger partial charge in [-0.2, -0.15) is 15.3 Å². The molecule has 4 rings (SSSR count). The fourth-order valence-electron chi connectivity index (χ4n) is 2.80. The minimum atomic E-state index is 0.521. The zero-order chi connectivity index (χ0) is 17.1. The second-order valence-electron chi connectivity index (χ2n) is 6.00. The molecule has 0 N–H and O–H groups in total. The maximum atomic E-state index is 4.71. The van der Waals surface area contributed by atoms with Gasteiger partial charge in [-0.25, -0.2) is 19.3 Å². The number of hydrogen-bond donors (Lipinski definition) is 0. The van der Waals surface area contributed by atoms with E-state index in [1.807, 2.05) is 33.8 Å². The predicted octanol–water partition coefficient (Wildman–Crippen LogP) is 2.12. The number of nitrogens with zero attached hydrogens (tertiary/aromatic N) is 8. The molecule has 0 aliphatic rings. The van der Waals surface area contributed by atoms with Crippen LogP contribution in [0.3, 0.4) is 0 Å². The molecule has 0 aliphatic heterocycles. The lowest BCUT2D eigenvalue weighted by Gasteiger charge is -2.04. The summed E-state index contributed by atoms with van der Waals surface area (Å²) in [5.41, 5.74) is 0.991. The summed E-state index contributed by atoms with van der Waals surface area (Å²) in [4.78, 5) is 8.67. The molecular formula is C17H20N8. The van der Waals surface area contributed by atoms with E-state index in [1.165, 1.54) is 6.33 Å². The van der Waals surface area contributed by atoms with Gasteiger partial charge in [0.05, 0.1) is 5.52 Å². The SMILES string of the molecule is CCCCn1nc(Cn2cncn2)nc1Cn1cc2ccccc2n1. The Hall–Kier alpha value is -3.03. The van der Waals surface area contributed by atoms with Gasteiger partial charge in [0.25, 0.3) is 0 Å². The summed E-state index contributed by atoms with van der Waals surface area (Å²) >= 11 is 0. The first kappa shape index (κ1) is 15.5. The smallest absolute Gasteiger partial charge is 0.172 e. The Morgan fingerprint density at radius 3 is 2.76 bits per heavy atom. The Morgan fingerprint density at radius 2 is 1.96 bits per heavy atom. The van der Waals surface area contributed by atoms with E-state index in [2.05, 4.69) is 33.3 Å². The van der Waals surface area contributed by atoms with Crippen LogP contribution in [0.1, 0.15) is 31.4 Å². The normalized spacial score (nSPS) is 11.4. The van der Waals surface area contributed by atoms with Gasteiger partial charge in [-0.05, 0) is 12.5 Å². The molecule has 1 aromatic carbocycles. The Labute approximate surface area is 145 Å². The molecule has 0 radical (unpaired) electrons. The second kappa shape index (κ2) is 6.84. The average molecular weight is 336 g/mol. The van der Waals surface area contributed by atoms with Gasteiger partial charge in [-0.1, -0.05) is 31.5 Å². The molecule has 0 spiro atoms. The quantitative estimate of drug-likeness (QED) is 0.516. The largest absolute Gasteiger partial charge is 0.264 e. The van der Waals surface area contributed by atoms with Crippen LogP contribution in [0.25, 0.3) is 10.9 Å². The molecular weight excluding hydrogens is 316 g/mol. The molecule has 0 aliphatic carbocycles. The van der Waals surface area contributed by atoms with Crippen molar-refractivity contribution < 1.29 is 0 Å². The van der Waals surface area contributed by atoms with E-state index in [0.717, 1.165) is 41.9 Å². The van der Waals surface area contributed by atoms with Gasteiger partial charge in [0, 0.05) is 18.1 Å². The first-order valence-corrected chi connectivity index (χ1v) is 8.49. The van der Waals surface area contributed by atoms with Crippen molar-refractivity contribution in [3.05, 3.63) is 54.8 Å². The van der Waals surface area contributed by atoms with Gasteiger partial charge in [0.1, 0.15) is 31.6 Å². The highest BCUT2D eigenvalue weighted by Crippen LogP contribution is 2.12. The van der Waals surface area contributed by atoms with Crippen molar-refractivity contribution in [3.8, 4) is 0 Å². The molecule has 0 amide bonds. The van der Waals surface area contributed by atoms with Crippen LogP contribution >= 0.6 is 0 Å². The lowest BCUT2D eigenvalue weighted by atomic mass is 10.3. The molecule has 8 heteroatoms. The van der Waals surface area contributed by atoms with Crippen molar-refractivity contribution in [1.29, 1.82) is 0 Å². The third kappa shape index (κ3) is 3.42. The molecule has 0 bridgehead atoms. The molecule has 0 saturated heterocycles. The van der Waals surface area contributed by atoms with Gasteiger partial charge < -0.3 is 0 Å². The van der Waals surface area contributed by atoms with Crippen LogP contribution in [0.5, 0.6) is 0 Å². The number of hydrogen-bond acceptors (Lipinski definition) is 5. The molecule has 0 atom stereocenters. The predicted molar refractivity (Wildman–Crippen MR) is 92.9 cm³/mol. The van der Waals surface area contributed by atoms with Gasteiger partial charge in [0.2, 0.25) is 0 Å². The molecule has 0 unspecified atom stereocenters. The summed E-state index contributed by atoms with van der Waals surface area (Å²) < 4.78 is 5.64. The van der Waals surface area contributed by atoms with E-state index < -0.39 is 0 Å². The van der Waals surface area contributed by atoms with Crippen LogP contribution in [-0.4, -0.2) is 39.3 Å². The monoisotopic (exact) mass is 336 g/mol. The molecule has 3 heterocycles. The third-order valence-corrected chi connectivity index (χ3v) is 4.05. The number of rotatable bonds is 7. The maximum Gasteiger partial charge on any atom is 0.172 e. The maximum absolute atomic E-state index is 4.71. The summed E-state index contributed by atoms with van der Waals surface area (Å²) in [5, 5.41) is 14.5. The molecule has 25 heavy (non-hydrogen) atoms. The number of unbranched alkanes of at least 4 members (excludes halogenated alkanes) is 1. The second-order valence-corrected chi connectivity index (χ2v) is 6.00. The first-order valence-electron chi connectivity index (χ1n) is 8.49. The highest BCUT2D eigenvalue weighted by Gasteiger charge is 2.12. The zero-order valence-electron chi connectivity index (χ0n) is 14.2. The molecule has 128 valence electrons. The van der Waals surface area contributed by atoms with E-state index in [9.17, 15) is 0 Å². The Bertz CT molecular complexity index is 917. The Kier molecular flexibility index (Phi) is 4.24. The van der Waals surface area contributed by atoms with Crippen LogP contribution in [0.2, 0.25) is 0 Å². The summed E-state index contributed by atoms with van der Waals surface area (Å²) in [6, 6.07) is 8.11.